The number of amides is 1. The number of rotatable bonds is 3. The Hall–Kier alpha value is -1.22. The lowest BCUT2D eigenvalue weighted by molar-refractivity contribution is -0.120. The van der Waals surface area contributed by atoms with Gasteiger partial charge in [0.2, 0.25) is 5.91 Å². The van der Waals surface area contributed by atoms with Gasteiger partial charge in [-0.05, 0) is 43.4 Å². The van der Waals surface area contributed by atoms with Gasteiger partial charge < -0.3 is 5.32 Å². The van der Waals surface area contributed by atoms with E-state index in [1.807, 2.05) is 0 Å². The van der Waals surface area contributed by atoms with Crippen LogP contribution in [0, 0.1) is 11.7 Å². The van der Waals surface area contributed by atoms with Crippen molar-refractivity contribution in [3.05, 3.63) is 29.0 Å². The second kappa shape index (κ2) is 7.19. The predicted octanol–water partition coefficient (Wildman–Crippen LogP) is 2.51. The van der Waals surface area contributed by atoms with Crippen molar-refractivity contribution in [2.75, 3.05) is 12.4 Å². The van der Waals surface area contributed by atoms with E-state index in [1.54, 1.807) is 0 Å². The van der Waals surface area contributed by atoms with Crippen LogP contribution >= 0.6 is 11.6 Å². The highest BCUT2D eigenvalue weighted by Gasteiger charge is 2.43. The van der Waals surface area contributed by atoms with Gasteiger partial charge in [-0.1, -0.05) is 24.4 Å². The third-order valence-corrected chi connectivity index (χ3v) is 6.96. The number of benzene rings is 1. The van der Waals surface area contributed by atoms with Gasteiger partial charge in [-0.2, -0.15) is 17.4 Å². The lowest BCUT2D eigenvalue weighted by Crippen LogP contribution is -2.60. The van der Waals surface area contributed by atoms with Gasteiger partial charge in [0.05, 0.1) is 5.02 Å². The van der Waals surface area contributed by atoms with E-state index in [1.165, 1.54) is 19.2 Å². The molecule has 1 saturated heterocycles. The Kier molecular flexibility index (Phi) is 5.34. The van der Waals surface area contributed by atoms with Crippen LogP contribution in [0.15, 0.2) is 18.2 Å². The zero-order valence-electron chi connectivity index (χ0n) is 13.8. The minimum Gasteiger partial charge on any atom is -0.325 e. The summed E-state index contributed by atoms with van der Waals surface area (Å²) in [5.74, 6) is -0.764. The maximum Gasteiger partial charge on any atom is 0.280 e. The summed E-state index contributed by atoms with van der Waals surface area (Å²) in [6.45, 7) is 0. The molecular weight excluding hydrogens is 369 g/mol. The predicted molar refractivity (Wildman–Crippen MR) is 94.0 cm³/mol. The summed E-state index contributed by atoms with van der Waals surface area (Å²) in [4.78, 5) is 12.6. The molecule has 138 valence electrons. The molecule has 1 amide bonds. The summed E-state index contributed by atoms with van der Waals surface area (Å²) in [6.07, 6.45) is 4.52. The average molecular weight is 390 g/mol. The quantitative estimate of drug-likeness (QED) is 0.833. The van der Waals surface area contributed by atoms with Crippen molar-refractivity contribution in [3.8, 4) is 0 Å². The van der Waals surface area contributed by atoms with Crippen LogP contribution in [0.3, 0.4) is 0 Å². The molecule has 0 bridgehead atoms. The van der Waals surface area contributed by atoms with E-state index in [0.717, 1.165) is 36.1 Å². The van der Waals surface area contributed by atoms with Gasteiger partial charge in [0.15, 0.2) is 0 Å². The fourth-order valence-corrected chi connectivity index (χ4v) is 5.13. The summed E-state index contributed by atoms with van der Waals surface area (Å²) in [5, 5.41) is 2.53. The molecule has 2 fully saturated rings. The molecule has 1 heterocycles. The normalized spacial score (nSPS) is 27.3. The molecule has 1 aromatic carbocycles. The molecule has 2 atom stereocenters. The van der Waals surface area contributed by atoms with Crippen molar-refractivity contribution >= 4 is 33.4 Å². The first-order valence-electron chi connectivity index (χ1n) is 8.29. The van der Waals surface area contributed by atoms with E-state index in [2.05, 4.69) is 10.0 Å². The number of hydrogen-bond donors (Lipinski definition) is 2. The molecule has 0 aromatic heterocycles. The van der Waals surface area contributed by atoms with Crippen LogP contribution in [0.25, 0.3) is 0 Å². The average Bonchev–Trinajstić information content (AvgIpc) is 3.07. The van der Waals surface area contributed by atoms with Crippen LogP contribution in [-0.2, 0) is 15.0 Å². The fraction of sp³-hybridized carbons (Fsp3) is 0.562. The lowest BCUT2D eigenvalue weighted by Gasteiger charge is -2.38. The molecule has 1 aliphatic heterocycles. The highest BCUT2D eigenvalue weighted by atomic mass is 35.5. The Morgan fingerprint density at radius 2 is 2.04 bits per heavy atom. The maximum absolute atomic E-state index is 13.2. The van der Waals surface area contributed by atoms with Crippen LogP contribution in [-0.4, -0.2) is 37.8 Å². The van der Waals surface area contributed by atoms with Gasteiger partial charge in [-0.25, -0.2) is 4.39 Å². The standard InChI is InChI=1S/C16H21ClFN3O3S/c1-21-15(16(22)19-11-6-7-13(18)12(17)8-11)9-14(20-25(21,23)24)10-4-2-3-5-10/h6-8,10,14-15,20H,2-5,9H2,1H3,(H,19,22)/t14?,15-/m0/s1. The molecule has 2 N–H and O–H groups in total. The molecule has 1 aromatic rings. The summed E-state index contributed by atoms with van der Waals surface area (Å²) in [7, 11) is -2.33. The largest absolute Gasteiger partial charge is 0.325 e. The van der Waals surface area contributed by atoms with Gasteiger partial charge in [-0.15, -0.1) is 0 Å². The van der Waals surface area contributed by atoms with Crippen molar-refractivity contribution in [2.24, 2.45) is 5.92 Å². The second-order valence-corrected chi connectivity index (χ2v) is 8.83. The fourth-order valence-electron chi connectivity index (χ4n) is 3.60. The van der Waals surface area contributed by atoms with Crippen LogP contribution in [0.2, 0.25) is 5.02 Å². The number of halogens is 2. The van der Waals surface area contributed by atoms with Gasteiger partial charge in [0.25, 0.3) is 10.2 Å². The van der Waals surface area contributed by atoms with Crippen LogP contribution in [0.4, 0.5) is 10.1 Å². The molecule has 9 heteroatoms. The summed E-state index contributed by atoms with van der Waals surface area (Å²) in [5.41, 5.74) is 0.332. The van der Waals surface area contributed by atoms with Crippen molar-refractivity contribution in [2.45, 2.75) is 44.2 Å². The van der Waals surface area contributed by atoms with Gasteiger partial charge >= 0.3 is 0 Å². The number of carbonyl (C=O) groups excluding carboxylic acids is 1. The summed E-state index contributed by atoms with van der Waals surface area (Å²) >= 11 is 5.72. The maximum atomic E-state index is 13.2. The van der Waals surface area contributed by atoms with Gasteiger partial charge in [-0.3, -0.25) is 4.79 Å². The molecule has 0 spiro atoms. The topological polar surface area (TPSA) is 78.5 Å². The Balaban J connectivity index is 1.77. The van der Waals surface area contributed by atoms with E-state index in [-0.39, 0.29) is 17.0 Å². The SMILES string of the molecule is CN1[C@H](C(=O)Nc2ccc(F)c(Cl)c2)CC(C2CCCC2)NS1(=O)=O. The van der Waals surface area contributed by atoms with Crippen LogP contribution in [0.5, 0.6) is 0 Å². The van der Waals surface area contributed by atoms with Crippen molar-refractivity contribution in [1.29, 1.82) is 0 Å². The first-order chi connectivity index (χ1) is 11.8. The minimum atomic E-state index is -3.71. The molecule has 25 heavy (non-hydrogen) atoms. The molecule has 2 aliphatic rings. The first kappa shape index (κ1) is 18.6. The Bertz CT molecular complexity index is 768. The Morgan fingerprint density at radius 1 is 1.36 bits per heavy atom. The zero-order valence-corrected chi connectivity index (χ0v) is 15.4. The lowest BCUT2D eigenvalue weighted by atomic mass is 9.92. The molecule has 0 radical (unpaired) electrons. The number of carbonyl (C=O) groups is 1. The molecule has 1 aliphatic carbocycles. The van der Waals surface area contributed by atoms with Gasteiger partial charge in [0.1, 0.15) is 11.9 Å². The van der Waals surface area contributed by atoms with Crippen LogP contribution in [0.1, 0.15) is 32.1 Å². The molecule has 3 rings (SSSR count). The van der Waals surface area contributed by atoms with E-state index in [9.17, 15) is 17.6 Å². The molecule has 1 saturated carbocycles. The van der Waals surface area contributed by atoms with E-state index < -0.39 is 28.0 Å². The van der Waals surface area contributed by atoms with Gasteiger partial charge in [0, 0.05) is 18.8 Å². The highest BCUT2D eigenvalue weighted by molar-refractivity contribution is 7.87. The first-order valence-corrected chi connectivity index (χ1v) is 10.1. The molecule has 6 nitrogen and oxygen atoms in total. The smallest absolute Gasteiger partial charge is 0.280 e. The van der Waals surface area contributed by atoms with E-state index >= 15 is 0 Å². The highest BCUT2D eigenvalue weighted by Crippen LogP contribution is 2.33. The number of anilines is 1. The zero-order chi connectivity index (χ0) is 18.2. The summed E-state index contributed by atoms with van der Waals surface area (Å²) in [6, 6.07) is 2.79. The third-order valence-electron chi connectivity index (χ3n) is 5.05. The van der Waals surface area contributed by atoms with Crippen molar-refractivity contribution in [3.63, 3.8) is 0 Å². The Morgan fingerprint density at radius 3 is 2.68 bits per heavy atom. The third kappa shape index (κ3) is 3.97. The van der Waals surface area contributed by atoms with Crippen molar-refractivity contribution in [1.82, 2.24) is 9.03 Å². The molecule has 1 unspecified atom stereocenters. The van der Waals surface area contributed by atoms with E-state index in [4.69, 9.17) is 11.6 Å². The number of hydrogen-bond acceptors (Lipinski definition) is 3. The minimum absolute atomic E-state index is 0.104. The number of nitrogens with one attached hydrogen (secondary N) is 2. The van der Waals surface area contributed by atoms with E-state index in [0.29, 0.717) is 12.1 Å². The second-order valence-electron chi connectivity index (χ2n) is 6.66. The number of likely N-dealkylation sites (N-methyl/N-ethyl adjacent to an activating group) is 1. The molecular formula is C16H21ClFN3O3S. The monoisotopic (exact) mass is 389 g/mol. The van der Waals surface area contributed by atoms with Crippen LogP contribution < -0.4 is 10.0 Å². The summed E-state index contributed by atoms with van der Waals surface area (Å²) < 4.78 is 41.7. The Labute approximate surface area is 151 Å². The van der Waals surface area contributed by atoms with Crippen molar-refractivity contribution < 1.29 is 17.6 Å². The number of nitrogens with zero attached hydrogens (tertiary/aromatic N) is 1.